The second-order valence-electron chi connectivity index (χ2n) is 6.23. The van der Waals surface area contributed by atoms with Crippen LogP contribution in [0.2, 0.25) is 0 Å². The number of fused-ring (bicyclic) bond motifs is 1. The Bertz CT molecular complexity index is 959. The van der Waals surface area contributed by atoms with E-state index < -0.39 is 0 Å². The number of H-pyrrole nitrogens is 1. The summed E-state index contributed by atoms with van der Waals surface area (Å²) in [5.74, 6) is -0.188. The predicted octanol–water partition coefficient (Wildman–Crippen LogP) is 2.04. The van der Waals surface area contributed by atoms with Gasteiger partial charge in [0, 0.05) is 0 Å². The third kappa shape index (κ3) is 3.10. The van der Waals surface area contributed by atoms with E-state index in [4.69, 9.17) is 0 Å². The van der Waals surface area contributed by atoms with Crippen molar-refractivity contribution in [2.75, 3.05) is 0 Å². The van der Waals surface area contributed by atoms with E-state index in [9.17, 15) is 9.59 Å². The zero-order chi connectivity index (χ0) is 17.2. The van der Waals surface area contributed by atoms with Gasteiger partial charge in [-0.05, 0) is 41.2 Å². The third-order valence-electron chi connectivity index (χ3n) is 4.60. The van der Waals surface area contributed by atoms with Crippen LogP contribution < -0.4 is 11.0 Å². The SMILES string of the molecule is O=C(Cn1cn[nH]c1=O)NC1CCc2ccc(-c3ccccc3)cc21. The number of aromatic amines is 1. The number of carbonyl (C=O) groups excluding carboxylic acids is 1. The molecular weight excluding hydrogens is 316 g/mol. The fraction of sp³-hybridized carbons (Fsp3) is 0.211. The highest BCUT2D eigenvalue weighted by atomic mass is 16.2. The second kappa shape index (κ2) is 6.39. The Balaban J connectivity index is 1.54. The van der Waals surface area contributed by atoms with Gasteiger partial charge in [0.1, 0.15) is 12.9 Å². The lowest BCUT2D eigenvalue weighted by Gasteiger charge is -2.15. The van der Waals surface area contributed by atoms with E-state index in [0.29, 0.717) is 0 Å². The van der Waals surface area contributed by atoms with Gasteiger partial charge in [0.15, 0.2) is 0 Å². The Labute approximate surface area is 144 Å². The molecule has 1 aliphatic rings. The molecule has 0 saturated carbocycles. The van der Waals surface area contributed by atoms with Gasteiger partial charge >= 0.3 is 5.69 Å². The molecule has 0 bridgehead atoms. The molecule has 0 saturated heterocycles. The highest BCUT2D eigenvalue weighted by Gasteiger charge is 2.24. The molecule has 2 N–H and O–H groups in total. The summed E-state index contributed by atoms with van der Waals surface area (Å²) in [7, 11) is 0. The average molecular weight is 334 g/mol. The lowest BCUT2D eigenvalue weighted by atomic mass is 9.99. The van der Waals surface area contributed by atoms with Gasteiger partial charge in [-0.15, -0.1) is 0 Å². The summed E-state index contributed by atoms with van der Waals surface area (Å²) in [4.78, 5) is 23.7. The number of nitrogens with zero attached hydrogens (tertiary/aromatic N) is 2. The maximum atomic E-state index is 12.3. The van der Waals surface area contributed by atoms with Crippen LogP contribution in [0.15, 0.2) is 59.7 Å². The molecule has 6 heteroatoms. The summed E-state index contributed by atoms with van der Waals surface area (Å²) in [6.07, 6.45) is 3.15. The number of nitrogens with one attached hydrogen (secondary N) is 2. The maximum absolute atomic E-state index is 12.3. The Morgan fingerprint density at radius 2 is 2.04 bits per heavy atom. The lowest BCUT2D eigenvalue weighted by molar-refractivity contribution is -0.122. The Kier molecular flexibility index (Phi) is 3.93. The quantitative estimate of drug-likeness (QED) is 0.766. The van der Waals surface area contributed by atoms with Crippen LogP contribution in [0.1, 0.15) is 23.6 Å². The lowest BCUT2D eigenvalue weighted by Crippen LogP contribution is -2.33. The van der Waals surface area contributed by atoms with Crippen molar-refractivity contribution in [1.82, 2.24) is 20.1 Å². The summed E-state index contributed by atoms with van der Waals surface area (Å²) in [6, 6.07) is 16.6. The van der Waals surface area contributed by atoms with E-state index in [-0.39, 0.29) is 24.2 Å². The van der Waals surface area contributed by atoms with E-state index in [1.54, 1.807) is 0 Å². The molecule has 1 heterocycles. The summed E-state index contributed by atoms with van der Waals surface area (Å²) < 4.78 is 1.26. The van der Waals surface area contributed by atoms with Crippen LogP contribution in [-0.2, 0) is 17.8 Å². The molecule has 2 aromatic carbocycles. The first-order valence-corrected chi connectivity index (χ1v) is 8.28. The minimum Gasteiger partial charge on any atom is -0.348 e. The standard InChI is InChI=1S/C19H18N4O2/c24-18(11-23-12-20-22-19(23)25)21-17-9-8-14-6-7-15(10-16(14)17)13-4-2-1-3-5-13/h1-7,10,12,17H,8-9,11H2,(H,21,24)(H,22,25). The topological polar surface area (TPSA) is 79.8 Å². The number of carbonyl (C=O) groups is 1. The largest absolute Gasteiger partial charge is 0.348 e. The maximum Gasteiger partial charge on any atom is 0.343 e. The molecule has 1 aliphatic carbocycles. The number of amides is 1. The Morgan fingerprint density at radius 1 is 1.20 bits per heavy atom. The van der Waals surface area contributed by atoms with Crippen molar-refractivity contribution in [3.05, 3.63) is 76.5 Å². The molecule has 126 valence electrons. The fourth-order valence-electron chi connectivity index (χ4n) is 3.34. The van der Waals surface area contributed by atoms with Gasteiger partial charge in [-0.25, -0.2) is 9.89 Å². The first-order valence-electron chi connectivity index (χ1n) is 8.28. The molecule has 4 rings (SSSR count). The van der Waals surface area contributed by atoms with Crippen molar-refractivity contribution < 1.29 is 4.79 Å². The molecule has 1 aromatic heterocycles. The number of hydrogen-bond acceptors (Lipinski definition) is 3. The first kappa shape index (κ1) is 15.4. The number of hydrogen-bond donors (Lipinski definition) is 2. The van der Waals surface area contributed by atoms with Crippen molar-refractivity contribution >= 4 is 5.91 Å². The number of rotatable bonds is 4. The van der Waals surface area contributed by atoms with E-state index >= 15 is 0 Å². The molecule has 1 atom stereocenters. The van der Waals surface area contributed by atoms with Crippen LogP contribution in [-0.4, -0.2) is 20.7 Å². The molecule has 0 spiro atoms. The first-order chi connectivity index (χ1) is 12.2. The van der Waals surface area contributed by atoms with Crippen LogP contribution in [0.4, 0.5) is 0 Å². The minimum absolute atomic E-state index is 0.0197. The normalized spacial score (nSPS) is 15.8. The van der Waals surface area contributed by atoms with E-state index in [2.05, 4.69) is 45.8 Å². The van der Waals surface area contributed by atoms with E-state index in [1.165, 1.54) is 16.5 Å². The van der Waals surface area contributed by atoms with Crippen molar-refractivity contribution in [3.63, 3.8) is 0 Å². The predicted molar refractivity (Wildman–Crippen MR) is 93.9 cm³/mol. The van der Waals surface area contributed by atoms with Gasteiger partial charge in [0.25, 0.3) is 0 Å². The highest BCUT2D eigenvalue weighted by Crippen LogP contribution is 2.34. The van der Waals surface area contributed by atoms with Crippen LogP contribution in [0.3, 0.4) is 0 Å². The van der Waals surface area contributed by atoms with Crippen LogP contribution in [0.5, 0.6) is 0 Å². The summed E-state index contributed by atoms with van der Waals surface area (Å²) >= 11 is 0. The molecule has 1 unspecified atom stereocenters. The summed E-state index contributed by atoms with van der Waals surface area (Å²) in [5.41, 5.74) is 4.35. The second-order valence-corrected chi connectivity index (χ2v) is 6.23. The molecule has 0 radical (unpaired) electrons. The molecule has 3 aromatic rings. The number of aryl methyl sites for hydroxylation is 1. The van der Waals surface area contributed by atoms with Gasteiger partial charge in [-0.1, -0.05) is 42.5 Å². The van der Waals surface area contributed by atoms with Crippen molar-refractivity contribution in [2.45, 2.75) is 25.4 Å². The third-order valence-corrected chi connectivity index (χ3v) is 4.60. The van der Waals surface area contributed by atoms with Crippen LogP contribution >= 0.6 is 0 Å². The zero-order valence-corrected chi connectivity index (χ0v) is 13.6. The molecule has 6 nitrogen and oxygen atoms in total. The van der Waals surface area contributed by atoms with Crippen LogP contribution in [0, 0.1) is 0 Å². The average Bonchev–Trinajstić information content (AvgIpc) is 3.22. The molecule has 0 aliphatic heterocycles. The summed E-state index contributed by atoms with van der Waals surface area (Å²) in [6.45, 7) is -0.0282. The Morgan fingerprint density at radius 3 is 2.80 bits per heavy atom. The Hall–Kier alpha value is -3.15. The van der Waals surface area contributed by atoms with Crippen molar-refractivity contribution in [1.29, 1.82) is 0 Å². The van der Waals surface area contributed by atoms with Gasteiger partial charge in [0.2, 0.25) is 5.91 Å². The van der Waals surface area contributed by atoms with E-state index in [0.717, 1.165) is 29.5 Å². The molecule has 1 amide bonds. The van der Waals surface area contributed by atoms with Crippen molar-refractivity contribution in [3.8, 4) is 11.1 Å². The van der Waals surface area contributed by atoms with Gasteiger partial charge in [-0.2, -0.15) is 5.10 Å². The van der Waals surface area contributed by atoms with Crippen LogP contribution in [0.25, 0.3) is 11.1 Å². The fourth-order valence-corrected chi connectivity index (χ4v) is 3.34. The molecule has 25 heavy (non-hydrogen) atoms. The van der Waals surface area contributed by atoms with Gasteiger partial charge < -0.3 is 5.32 Å². The van der Waals surface area contributed by atoms with Gasteiger partial charge in [0.05, 0.1) is 6.04 Å². The number of benzene rings is 2. The monoisotopic (exact) mass is 334 g/mol. The van der Waals surface area contributed by atoms with Crippen molar-refractivity contribution in [2.24, 2.45) is 0 Å². The van der Waals surface area contributed by atoms with Gasteiger partial charge in [-0.3, -0.25) is 9.36 Å². The zero-order valence-electron chi connectivity index (χ0n) is 13.6. The highest BCUT2D eigenvalue weighted by molar-refractivity contribution is 5.76. The van der Waals surface area contributed by atoms with E-state index in [1.807, 2.05) is 18.2 Å². The summed E-state index contributed by atoms with van der Waals surface area (Å²) in [5, 5.41) is 8.96. The smallest absolute Gasteiger partial charge is 0.343 e. The molecular formula is C19H18N4O2. The minimum atomic E-state index is -0.381. The number of aromatic nitrogens is 3. The molecule has 0 fully saturated rings.